The SMILES string of the molecule is O=C(COc1ccc([N+](=O)[O-])c(Cl)c1)N1CCOCC1. The molecule has 8 heteroatoms. The Morgan fingerprint density at radius 1 is 1.45 bits per heavy atom. The molecule has 108 valence electrons. The number of morpholine rings is 1. The van der Waals surface area contributed by atoms with Crippen molar-refractivity contribution in [3.63, 3.8) is 0 Å². The number of ether oxygens (including phenoxy) is 2. The number of nitro groups is 1. The first kappa shape index (κ1) is 14.5. The molecule has 0 spiro atoms. The molecule has 1 aliphatic rings. The normalized spacial score (nSPS) is 14.9. The highest BCUT2D eigenvalue weighted by molar-refractivity contribution is 6.32. The molecule has 1 heterocycles. The zero-order chi connectivity index (χ0) is 14.5. The second-order valence-electron chi connectivity index (χ2n) is 4.15. The highest BCUT2D eigenvalue weighted by atomic mass is 35.5. The molecular weight excluding hydrogens is 288 g/mol. The second kappa shape index (κ2) is 6.53. The molecule has 0 radical (unpaired) electrons. The highest BCUT2D eigenvalue weighted by Gasteiger charge is 2.18. The third kappa shape index (κ3) is 3.58. The van der Waals surface area contributed by atoms with Gasteiger partial charge < -0.3 is 14.4 Å². The van der Waals surface area contributed by atoms with Crippen LogP contribution in [0.4, 0.5) is 5.69 Å². The monoisotopic (exact) mass is 300 g/mol. The molecule has 1 aromatic carbocycles. The lowest BCUT2D eigenvalue weighted by molar-refractivity contribution is -0.384. The number of nitro benzene ring substituents is 1. The van der Waals surface area contributed by atoms with E-state index in [4.69, 9.17) is 21.1 Å². The summed E-state index contributed by atoms with van der Waals surface area (Å²) >= 11 is 5.75. The van der Waals surface area contributed by atoms with Crippen LogP contribution in [0.1, 0.15) is 0 Å². The number of carbonyl (C=O) groups excluding carboxylic acids is 1. The Kier molecular flexibility index (Phi) is 4.75. The van der Waals surface area contributed by atoms with Gasteiger partial charge in [-0.15, -0.1) is 0 Å². The molecule has 7 nitrogen and oxygen atoms in total. The van der Waals surface area contributed by atoms with E-state index < -0.39 is 4.92 Å². The fraction of sp³-hybridized carbons (Fsp3) is 0.417. The molecule has 20 heavy (non-hydrogen) atoms. The fourth-order valence-electron chi connectivity index (χ4n) is 1.77. The molecule has 1 aliphatic heterocycles. The lowest BCUT2D eigenvalue weighted by atomic mass is 10.3. The van der Waals surface area contributed by atoms with Crippen molar-refractivity contribution in [1.82, 2.24) is 4.90 Å². The van der Waals surface area contributed by atoms with Crippen LogP contribution >= 0.6 is 11.6 Å². The second-order valence-corrected chi connectivity index (χ2v) is 4.56. The summed E-state index contributed by atoms with van der Waals surface area (Å²) in [5.74, 6) is 0.171. The molecule has 1 aromatic rings. The molecule has 2 rings (SSSR count). The maximum atomic E-state index is 11.8. The van der Waals surface area contributed by atoms with Gasteiger partial charge in [-0.25, -0.2) is 0 Å². The summed E-state index contributed by atoms with van der Waals surface area (Å²) in [5, 5.41) is 10.6. The smallest absolute Gasteiger partial charge is 0.288 e. The minimum absolute atomic E-state index is 0.0219. The zero-order valence-electron chi connectivity index (χ0n) is 10.6. The average molecular weight is 301 g/mol. The van der Waals surface area contributed by atoms with Crippen molar-refractivity contribution < 1.29 is 19.2 Å². The van der Waals surface area contributed by atoms with E-state index in [2.05, 4.69) is 0 Å². The van der Waals surface area contributed by atoms with Gasteiger partial charge in [-0.05, 0) is 6.07 Å². The Hall–Kier alpha value is -1.86. The topological polar surface area (TPSA) is 81.9 Å². The maximum Gasteiger partial charge on any atom is 0.288 e. The van der Waals surface area contributed by atoms with Crippen LogP contribution in [0.25, 0.3) is 0 Å². The van der Waals surface area contributed by atoms with Crippen LogP contribution < -0.4 is 4.74 Å². The number of hydrogen-bond acceptors (Lipinski definition) is 5. The van der Waals surface area contributed by atoms with Gasteiger partial charge in [0.15, 0.2) is 6.61 Å². The third-order valence-electron chi connectivity index (χ3n) is 2.84. The van der Waals surface area contributed by atoms with Gasteiger partial charge in [-0.2, -0.15) is 0 Å². The van der Waals surface area contributed by atoms with Crippen LogP contribution in [0.2, 0.25) is 5.02 Å². The van der Waals surface area contributed by atoms with Crippen LogP contribution in [-0.2, 0) is 9.53 Å². The average Bonchev–Trinajstić information content (AvgIpc) is 2.45. The zero-order valence-corrected chi connectivity index (χ0v) is 11.3. The molecule has 0 atom stereocenters. The molecule has 0 N–H and O–H groups in total. The van der Waals surface area contributed by atoms with Crippen molar-refractivity contribution in [3.8, 4) is 5.75 Å². The van der Waals surface area contributed by atoms with Crippen molar-refractivity contribution in [3.05, 3.63) is 33.3 Å². The van der Waals surface area contributed by atoms with Crippen LogP contribution in [0.3, 0.4) is 0 Å². The summed E-state index contributed by atoms with van der Waals surface area (Å²) < 4.78 is 10.4. The van der Waals surface area contributed by atoms with Crippen molar-refractivity contribution in [2.75, 3.05) is 32.9 Å². The Morgan fingerprint density at radius 2 is 2.15 bits per heavy atom. The molecule has 0 aromatic heterocycles. The van der Waals surface area contributed by atoms with Crippen molar-refractivity contribution in [2.24, 2.45) is 0 Å². The molecular formula is C12H13ClN2O5. The number of nitrogens with zero attached hydrogens (tertiary/aromatic N) is 2. The minimum Gasteiger partial charge on any atom is -0.484 e. The molecule has 0 saturated carbocycles. The van der Waals surface area contributed by atoms with E-state index in [0.29, 0.717) is 32.1 Å². The first-order valence-electron chi connectivity index (χ1n) is 6.00. The number of benzene rings is 1. The quantitative estimate of drug-likeness (QED) is 0.621. The summed E-state index contributed by atoms with van der Waals surface area (Å²) in [5.41, 5.74) is -0.196. The third-order valence-corrected chi connectivity index (χ3v) is 3.14. The first-order valence-corrected chi connectivity index (χ1v) is 6.38. The van der Waals surface area contributed by atoms with Gasteiger partial charge in [0.1, 0.15) is 10.8 Å². The Labute approximate surface area is 120 Å². The van der Waals surface area contributed by atoms with Gasteiger partial charge in [-0.1, -0.05) is 11.6 Å². The molecule has 0 unspecified atom stereocenters. The van der Waals surface area contributed by atoms with Crippen LogP contribution in [-0.4, -0.2) is 48.6 Å². The minimum atomic E-state index is -0.578. The van der Waals surface area contributed by atoms with E-state index in [1.54, 1.807) is 4.90 Å². The maximum absolute atomic E-state index is 11.8. The summed E-state index contributed by atoms with van der Waals surface area (Å²) in [6.45, 7) is 2.00. The van der Waals surface area contributed by atoms with E-state index in [1.807, 2.05) is 0 Å². The number of carbonyl (C=O) groups is 1. The largest absolute Gasteiger partial charge is 0.484 e. The predicted molar refractivity (Wildman–Crippen MR) is 71.0 cm³/mol. The Bertz CT molecular complexity index is 517. The van der Waals surface area contributed by atoms with Gasteiger partial charge in [0.2, 0.25) is 0 Å². The van der Waals surface area contributed by atoms with Gasteiger partial charge in [0.05, 0.1) is 18.1 Å². The van der Waals surface area contributed by atoms with Crippen molar-refractivity contribution >= 4 is 23.2 Å². The molecule has 0 bridgehead atoms. The van der Waals surface area contributed by atoms with Gasteiger partial charge in [0, 0.05) is 25.2 Å². The standard InChI is InChI=1S/C12H13ClN2O5/c13-10-7-9(1-2-11(10)15(17)18)20-8-12(16)14-3-5-19-6-4-14/h1-2,7H,3-6,8H2. The lowest BCUT2D eigenvalue weighted by Crippen LogP contribution is -2.42. The molecule has 1 saturated heterocycles. The molecule has 1 fully saturated rings. The molecule has 1 amide bonds. The van der Waals surface area contributed by atoms with Crippen molar-refractivity contribution in [2.45, 2.75) is 0 Å². The predicted octanol–water partition coefficient (Wildman–Crippen LogP) is 1.49. The highest BCUT2D eigenvalue weighted by Crippen LogP contribution is 2.28. The van der Waals surface area contributed by atoms with Gasteiger partial charge >= 0.3 is 0 Å². The summed E-state index contributed by atoms with van der Waals surface area (Å²) in [6, 6.07) is 3.99. The number of hydrogen-bond donors (Lipinski definition) is 0. The Balaban J connectivity index is 1.92. The van der Waals surface area contributed by atoms with Crippen LogP contribution in [0.15, 0.2) is 18.2 Å². The van der Waals surface area contributed by atoms with Gasteiger partial charge in [0.25, 0.3) is 11.6 Å². The summed E-state index contributed by atoms with van der Waals surface area (Å²) in [4.78, 5) is 23.5. The van der Waals surface area contributed by atoms with Crippen LogP contribution in [0, 0.1) is 10.1 Å². The summed E-state index contributed by atoms with van der Waals surface area (Å²) in [7, 11) is 0. The van der Waals surface area contributed by atoms with Crippen molar-refractivity contribution in [1.29, 1.82) is 0 Å². The first-order chi connectivity index (χ1) is 9.58. The summed E-state index contributed by atoms with van der Waals surface area (Å²) in [6.07, 6.45) is 0. The van der Waals surface area contributed by atoms with Gasteiger partial charge in [-0.3, -0.25) is 14.9 Å². The fourth-order valence-corrected chi connectivity index (χ4v) is 2.01. The van der Waals surface area contributed by atoms with E-state index in [0.717, 1.165) is 0 Å². The van der Waals surface area contributed by atoms with Crippen LogP contribution in [0.5, 0.6) is 5.75 Å². The van der Waals surface area contributed by atoms with E-state index in [-0.39, 0.29) is 23.2 Å². The lowest BCUT2D eigenvalue weighted by Gasteiger charge is -2.26. The Morgan fingerprint density at radius 3 is 2.75 bits per heavy atom. The van der Waals surface area contributed by atoms with E-state index in [9.17, 15) is 14.9 Å². The molecule has 0 aliphatic carbocycles. The van der Waals surface area contributed by atoms with E-state index >= 15 is 0 Å². The van der Waals surface area contributed by atoms with E-state index in [1.165, 1.54) is 18.2 Å². The number of amides is 1. The number of rotatable bonds is 4. The number of halogens is 1.